The lowest BCUT2D eigenvalue weighted by Gasteiger charge is -2.09. The number of hydrogen-bond donors (Lipinski definition) is 3. The van der Waals surface area contributed by atoms with Crippen LogP contribution in [0.15, 0.2) is 48.8 Å². The number of hydrogen-bond acceptors (Lipinski definition) is 3. The highest BCUT2D eigenvalue weighted by molar-refractivity contribution is 5.97. The Morgan fingerprint density at radius 3 is 2.95 bits per heavy atom. The summed E-state index contributed by atoms with van der Waals surface area (Å²) in [5.74, 6) is 1.14. The van der Waals surface area contributed by atoms with E-state index in [4.69, 9.17) is 15.9 Å². The van der Waals surface area contributed by atoms with E-state index in [1.807, 2.05) is 30.5 Å². The van der Waals surface area contributed by atoms with Crippen molar-refractivity contribution < 1.29 is 4.74 Å². The van der Waals surface area contributed by atoms with Gasteiger partial charge in [0.25, 0.3) is 0 Å². The monoisotopic (exact) mass is 252 g/mol. The van der Waals surface area contributed by atoms with Crippen LogP contribution in [0.2, 0.25) is 0 Å². The van der Waals surface area contributed by atoms with Gasteiger partial charge in [0, 0.05) is 11.6 Å². The Bertz CT molecular complexity index is 748. The van der Waals surface area contributed by atoms with E-state index < -0.39 is 0 Å². The number of para-hydroxylation sites is 1. The zero-order valence-electron chi connectivity index (χ0n) is 10.1. The van der Waals surface area contributed by atoms with Crippen LogP contribution in [-0.2, 0) is 0 Å². The van der Waals surface area contributed by atoms with Crippen molar-refractivity contribution in [2.24, 2.45) is 5.73 Å². The lowest BCUT2D eigenvalue weighted by molar-refractivity contribution is 0.480. The number of aromatic nitrogens is 2. The van der Waals surface area contributed by atoms with E-state index in [1.54, 1.807) is 18.3 Å². The van der Waals surface area contributed by atoms with E-state index in [0.717, 1.165) is 11.0 Å². The minimum absolute atomic E-state index is 0.0220. The highest BCUT2D eigenvalue weighted by atomic mass is 16.5. The average molecular weight is 252 g/mol. The molecule has 5 heteroatoms. The zero-order valence-corrected chi connectivity index (χ0v) is 10.1. The van der Waals surface area contributed by atoms with Gasteiger partial charge in [-0.15, -0.1) is 0 Å². The van der Waals surface area contributed by atoms with Crippen molar-refractivity contribution in [2.45, 2.75) is 0 Å². The van der Waals surface area contributed by atoms with Crippen LogP contribution >= 0.6 is 0 Å². The molecule has 0 saturated carbocycles. The quantitative estimate of drug-likeness (QED) is 0.494. The molecule has 0 saturated heterocycles. The smallest absolute Gasteiger partial charge is 0.146 e. The van der Waals surface area contributed by atoms with Crippen molar-refractivity contribution in [3.05, 3.63) is 54.4 Å². The number of ether oxygens (including phenoxy) is 1. The summed E-state index contributed by atoms with van der Waals surface area (Å²) in [6, 6.07) is 11.0. The number of aromatic amines is 1. The fraction of sp³-hybridized carbons (Fsp3) is 0. The minimum atomic E-state index is -0.0220. The summed E-state index contributed by atoms with van der Waals surface area (Å²) < 4.78 is 5.75. The maximum atomic E-state index is 7.53. The van der Waals surface area contributed by atoms with E-state index in [0.29, 0.717) is 17.1 Å². The Morgan fingerprint density at radius 2 is 2.11 bits per heavy atom. The highest BCUT2D eigenvalue weighted by Crippen LogP contribution is 2.26. The topological polar surface area (TPSA) is 87.8 Å². The van der Waals surface area contributed by atoms with Crippen molar-refractivity contribution in [3.63, 3.8) is 0 Å². The second kappa shape index (κ2) is 4.45. The Labute approximate surface area is 109 Å². The normalized spacial score (nSPS) is 10.5. The van der Waals surface area contributed by atoms with Crippen molar-refractivity contribution in [3.8, 4) is 11.5 Å². The molecular formula is C14H12N4O. The number of nitrogens with one attached hydrogen (secondary N) is 2. The van der Waals surface area contributed by atoms with Crippen LogP contribution in [0, 0.1) is 5.41 Å². The summed E-state index contributed by atoms with van der Waals surface area (Å²) in [5.41, 5.74) is 6.90. The second-order valence-corrected chi connectivity index (χ2v) is 4.10. The van der Waals surface area contributed by atoms with E-state index in [-0.39, 0.29) is 5.84 Å². The molecule has 0 aliphatic heterocycles. The zero-order chi connectivity index (χ0) is 13.2. The highest BCUT2D eigenvalue weighted by Gasteiger charge is 2.07. The molecule has 0 atom stereocenters. The number of benzene rings is 1. The predicted octanol–water partition coefficient (Wildman–Crippen LogP) is 2.64. The molecule has 4 N–H and O–H groups in total. The van der Waals surface area contributed by atoms with Crippen LogP contribution in [0.25, 0.3) is 11.0 Å². The molecule has 3 aromatic rings. The van der Waals surface area contributed by atoms with Gasteiger partial charge < -0.3 is 15.5 Å². The molecule has 2 aromatic heterocycles. The van der Waals surface area contributed by atoms with Crippen LogP contribution in [0.4, 0.5) is 0 Å². The number of fused-ring (bicyclic) bond motifs is 1. The Balaban J connectivity index is 1.98. The van der Waals surface area contributed by atoms with Gasteiger partial charge in [0.15, 0.2) is 0 Å². The SMILES string of the molecule is N=C(N)c1ccccc1Oc1cnc2[nH]ccc2c1. The molecule has 0 unspecified atom stereocenters. The average Bonchev–Trinajstić information content (AvgIpc) is 2.86. The van der Waals surface area contributed by atoms with Crippen molar-refractivity contribution in [1.29, 1.82) is 5.41 Å². The molecule has 0 fully saturated rings. The fourth-order valence-corrected chi connectivity index (χ4v) is 1.88. The van der Waals surface area contributed by atoms with Gasteiger partial charge in [0.1, 0.15) is 23.0 Å². The van der Waals surface area contributed by atoms with Crippen LogP contribution < -0.4 is 10.5 Å². The summed E-state index contributed by atoms with van der Waals surface area (Å²) in [6.45, 7) is 0. The molecule has 1 aromatic carbocycles. The van der Waals surface area contributed by atoms with Crippen molar-refractivity contribution >= 4 is 16.9 Å². The molecule has 0 spiro atoms. The third-order valence-electron chi connectivity index (χ3n) is 2.78. The lowest BCUT2D eigenvalue weighted by Crippen LogP contribution is -2.12. The molecule has 94 valence electrons. The first kappa shape index (κ1) is 11.3. The van der Waals surface area contributed by atoms with Gasteiger partial charge in [-0.05, 0) is 24.3 Å². The first-order valence-electron chi connectivity index (χ1n) is 5.78. The van der Waals surface area contributed by atoms with Crippen LogP contribution in [0.1, 0.15) is 5.56 Å². The summed E-state index contributed by atoms with van der Waals surface area (Å²) in [7, 11) is 0. The molecule has 0 aliphatic rings. The molecule has 0 radical (unpaired) electrons. The van der Waals surface area contributed by atoms with Gasteiger partial charge in [-0.1, -0.05) is 12.1 Å². The largest absolute Gasteiger partial charge is 0.455 e. The molecule has 0 aliphatic carbocycles. The maximum Gasteiger partial charge on any atom is 0.146 e. The van der Waals surface area contributed by atoms with Gasteiger partial charge in [-0.2, -0.15) is 0 Å². The van der Waals surface area contributed by atoms with E-state index in [1.165, 1.54) is 0 Å². The van der Waals surface area contributed by atoms with Crippen molar-refractivity contribution in [1.82, 2.24) is 9.97 Å². The molecule has 5 nitrogen and oxygen atoms in total. The van der Waals surface area contributed by atoms with Gasteiger partial charge in [-0.3, -0.25) is 5.41 Å². The first-order chi connectivity index (χ1) is 9.24. The number of rotatable bonds is 3. The number of H-pyrrole nitrogens is 1. The molecule has 2 heterocycles. The standard InChI is InChI=1S/C14H12N4O/c15-13(16)11-3-1-2-4-12(11)19-10-7-9-5-6-17-14(9)18-8-10/h1-8H,(H3,15,16)(H,17,18). The lowest BCUT2D eigenvalue weighted by atomic mass is 10.2. The van der Waals surface area contributed by atoms with E-state index in [2.05, 4.69) is 9.97 Å². The van der Waals surface area contributed by atoms with Crippen LogP contribution in [0.5, 0.6) is 11.5 Å². The summed E-state index contributed by atoms with van der Waals surface area (Å²) in [5, 5.41) is 8.50. The molecule has 3 rings (SSSR count). The van der Waals surface area contributed by atoms with Gasteiger partial charge in [0.2, 0.25) is 0 Å². The fourth-order valence-electron chi connectivity index (χ4n) is 1.88. The number of nitrogens with zero attached hydrogens (tertiary/aromatic N) is 1. The molecule has 0 bridgehead atoms. The van der Waals surface area contributed by atoms with Crippen LogP contribution in [-0.4, -0.2) is 15.8 Å². The third kappa shape index (κ3) is 2.13. The predicted molar refractivity (Wildman–Crippen MR) is 73.6 cm³/mol. The van der Waals surface area contributed by atoms with Crippen molar-refractivity contribution in [2.75, 3.05) is 0 Å². The maximum absolute atomic E-state index is 7.53. The van der Waals surface area contributed by atoms with Gasteiger partial charge in [0.05, 0.1) is 11.8 Å². The number of pyridine rings is 1. The van der Waals surface area contributed by atoms with E-state index in [9.17, 15) is 0 Å². The Kier molecular flexibility index (Phi) is 2.64. The summed E-state index contributed by atoms with van der Waals surface area (Å²) in [6.07, 6.45) is 3.46. The Hall–Kier alpha value is -2.82. The Morgan fingerprint density at radius 1 is 1.26 bits per heavy atom. The second-order valence-electron chi connectivity index (χ2n) is 4.10. The number of nitrogens with two attached hydrogens (primary N) is 1. The van der Waals surface area contributed by atoms with E-state index >= 15 is 0 Å². The minimum Gasteiger partial charge on any atom is -0.455 e. The van der Waals surface area contributed by atoms with Crippen LogP contribution in [0.3, 0.4) is 0 Å². The van der Waals surface area contributed by atoms with Gasteiger partial charge >= 0.3 is 0 Å². The summed E-state index contributed by atoms with van der Waals surface area (Å²) in [4.78, 5) is 7.27. The molecular weight excluding hydrogens is 240 g/mol. The number of nitrogen functional groups attached to an aromatic ring is 1. The molecule has 0 amide bonds. The third-order valence-corrected chi connectivity index (χ3v) is 2.78. The first-order valence-corrected chi connectivity index (χ1v) is 5.78. The summed E-state index contributed by atoms with van der Waals surface area (Å²) >= 11 is 0. The molecule has 19 heavy (non-hydrogen) atoms. The van der Waals surface area contributed by atoms with Gasteiger partial charge in [-0.25, -0.2) is 4.98 Å². The number of amidine groups is 1.